The molecule has 0 aliphatic carbocycles. The first-order valence-electron chi connectivity index (χ1n) is 5.51. The Bertz CT molecular complexity index is 417. The van der Waals surface area contributed by atoms with Gasteiger partial charge in [0, 0.05) is 14.1 Å². The Balaban J connectivity index is 2.24. The largest absolute Gasteiger partial charge is 0.356 e. The fraction of sp³-hybridized carbons (Fsp3) is 0.300. The molecule has 13 heavy (non-hydrogen) atoms. The van der Waals surface area contributed by atoms with Crippen LogP contribution in [0.3, 0.4) is 0 Å². The van der Waals surface area contributed by atoms with E-state index in [1.165, 1.54) is 6.21 Å². The van der Waals surface area contributed by atoms with Gasteiger partial charge >= 0.3 is 0 Å². The molecule has 1 atom stereocenters. The summed E-state index contributed by atoms with van der Waals surface area (Å²) >= 11 is 0. The fourth-order valence-corrected chi connectivity index (χ4v) is 1.36. The summed E-state index contributed by atoms with van der Waals surface area (Å²) in [5, 5.41) is 0. The monoisotopic (exact) mass is 179 g/mol. The normalized spacial score (nSPS) is 24.5. The zero-order chi connectivity index (χ0) is 11.8. The Morgan fingerprint density at radius 2 is 2.38 bits per heavy atom. The van der Waals surface area contributed by atoms with Gasteiger partial charge in [-0.1, -0.05) is 12.1 Å². The van der Waals surface area contributed by atoms with Crippen LogP contribution in [0.2, 0.25) is 0 Å². The van der Waals surface area contributed by atoms with Crippen molar-refractivity contribution in [1.82, 2.24) is 0 Å². The highest BCUT2D eigenvalue weighted by Gasteiger charge is 2.18. The number of hydrogen-bond acceptors (Lipinski definition) is 3. The lowest BCUT2D eigenvalue weighted by atomic mass is 10.2. The van der Waals surface area contributed by atoms with Gasteiger partial charge in [0.05, 0.1) is 21.7 Å². The first-order valence-corrected chi connectivity index (χ1v) is 4.01. The number of aliphatic imine (C=N–C) groups is 1. The predicted octanol–water partition coefficient (Wildman–Crippen LogP) is 1.81. The zero-order valence-electron chi connectivity index (χ0n) is 10.3. The first kappa shape index (κ1) is 5.40. The van der Waals surface area contributed by atoms with Crippen molar-refractivity contribution in [2.24, 2.45) is 4.99 Å². The van der Waals surface area contributed by atoms with E-state index in [4.69, 9.17) is 8.85 Å². The highest BCUT2D eigenvalue weighted by molar-refractivity contribution is 5.82. The molecule has 0 saturated heterocycles. The number of para-hydroxylation sites is 2. The number of rotatable bonds is 1. The van der Waals surface area contributed by atoms with E-state index in [2.05, 4.69) is 4.99 Å². The van der Waals surface area contributed by atoms with Gasteiger partial charge in [0.25, 0.3) is 0 Å². The van der Waals surface area contributed by atoms with Crippen LogP contribution in [-0.4, -0.2) is 26.5 Å². The van der Waals surface area contributed by atoms with Gasteiger partial charge in [-0.2, -0.15) is 0 Å². The third-order valence-corrected chi connectivity index (χ3v) is 2.11. The van der Waals surface area contributed by atoms with E-state index in [0.717, 1.165) is 11.4 Å². The van der Waals surface area contributed by atoms with Crippen LogP contribution in [0.4, 0.5) is 11.4 Å². The van der Waals surface area contributed by atoms with E-state index in [-0.39, 0.29) is 0 Å². The molecule has 0 radical (unpaired) electrons. The van der Waals surface area contributed by atoms with Gasteiger partial charge in [0.15, 0.2) is 6.23 Å². The second kappa shape index (κ2) is 3.18. The molecule has 0 bridgehead atoms. The smallest absolute Gasteiger partial charge is 0.166 e. The molecule has 0 aromatic heterocycles. The van der Waals surface area contributed by atoms with Crippen molar-refractivity contribution in [3.8, 4) is 0 Å². The average molecular weight is 179 g/mol. The van der Waals surface area contributed by atoms with Crippen LogP contribution in [0.1, 0.15) is 4.11 Å². The van der Waals surface area contributed by atoms with E-state index in [1.807, 2.05) is 24.3 Å². The Morgan fingerprint density at radius 1 is 1.54 bits per heavy atom. The van der Waals surface area contributed by atoms with Crippen LogP contribution in [0.5, 0.6) is 0 Å². The van der Waals surface area contributed by atoms with Gasteiger partial charge in [-0.15, -0.1) is 0 Å². The molecule has 1 aromatic rings. The topological polar surface area (TPSA) is 24.8 Å². The number of benzene rings is 1. The molecule has 3 heteroatoms. The average Bonchev–Trinajstić information content (AvgIpc) is 2.21. The maximum absolute atomic E-state index is 7.06. The Kier molecular flexibility index (Phi) is 1.32. The third kappa shape index (κ3) is 1.31. The van der Waals surface area contributed by atoms with Crippen LogP contribution in [0.25, 0.3) is 0 Å². The summed E-state index contributed by atoms with van der Waals surface area (Å²) in [4.78, 5) is 5.91. The molecular weight excluding hydrogens is 164 g/mol. The molecule has 68 valence electrons. The van der Waals surface area contributed by atoms with Crippen LogP contribution in [-0.2, 0) is 4.74 Å². The number of nitrogens with zero attached hydrogens (tertiary/aromatic N) is 2. The van der Waals surface area contributed by atoms with Crippen molar-refractivity contribution in [2.75, 3.05) is 19.0 Å². The molecule has 3 nitrogen and oxygen atoms in total. The van der Waals surface area contributed by atoms with Gasteiger partial charge in [0.2, 0.25) is 0 Å². The first-order chi connectivity index (χ1) is 7.47. The number of hydrogen-bond donors (Lipinski definition) is 0. The molecule has 0 spiro atoms. The summed E-state index contributed by atoms with van der Waals surface area (Å²) in [6.45, 7) is 0. The second-order valence-corrected chi connectivity index (χ2v) is 2.89. The molecule has 1 heterocycles. The van der Waals surface area contributed by atoms with Crippen molar-refractivity contribution >= 4 is 17.6 Å². The lowest BCUT2D eigenvalue weighted by Crippen LogP contribution is -2.36. The van der Waals surface area contributed by atoms with Crippen LogP contribution >= 0.6 is 0 Å². The van der Waals surface area contributed by atoms with Gasteiger partial charge in [-0.05, 0) is 12.1 Å². The van der Waals surface area contributed by atoms with Crippen LogP contribution < -0.4 is 4.90 Å². The van der Waals surface area contributed by atoms with Gasteiger partial charge in [0.1, 0.15) is 0 Å². The standard InChI is InChI=1S/C10H12N2O/c1-12-9-6-4-3-5-8(9)11-7-10(12)13-2/h3-7,10H,1-2H3/i2D3. The van der Waals surface area contributed by atoms with Gasteiger partial charge < -0.3 is 9.64 Å². The summed E-state index contributed by atoms with van der Waals surface area (Å²) in [6, 6.07) is 7.51. The molecule has 1 aliphatic rings. The fourth-order valence-electron chi connectivity index (χ4n) is 1.36. The molecule has 2 rings (SSSR count). The van der Waals surface area contributed by atoms with Crippen molar-refractivity contribution in [1.29, 1.82) is 0 Å². The summed E-state index contributed by atoms with van der Waals surface area (Å²) < 4.78 is 26.1. The molecule has 1 aromatic carbocycles. The van der Waals surface area contributed by atoms with Crippen molar-refractivity contribution in [3.63, 3.8) is 0 Å². The second-order valence-electron chi connectivity index (χ2n) is 2.89. The number of ether oxygens (including phenoxy) is 1. The molecule has 0 amide bonds. The van der Waals surface area contributed by atoms with Crippen molar-refractivity contribution in [3.05, 3.63) is 24.3 Å². The van der Waals surface area contributed by atoms with E-state index < -0.39 is 13.3 Å². The van der Waals surface area contributed by atoms with Crippen molar-refractivity contribution in [2.45, 2.75) is 6.23 Å². The Morgan fingerprint density at radius 3 is 3.23 bits per heavy atom. The summed E-state index contributed by atoms with van der Waals surface area (Å²) in [5.41, 5.74) is 1.68. The summed E-state index contributed by atoms with van der Waals surface area (Å²) in [6.07, 6.45) is 0.844. The molecule has 0 fully saturated rings. The Hall–Kier alpha value is -1.35. The quantitative estimate of drug-likeness (QED) is 0.656. The molecule has 0 N–H and O–H groups in total. The minimum Gasteiger partial charge on any atom is -0.356 e. The minimum atomic E-state index is -2.42. The van der Waals surface area contributed by atoms with Crippen LogP contribution in [0, 0.1) is 0 Å². The molecule has 1 unspecified atom stereocenters. The maximum Gasteiger partial charge on any atom is 0.166 e. The van der Waals surface area contributed by atoms with E-state index in [0.29, 0.717) is 0 Å². The lowest BCUT2D eigenvalue weighted by Gasteiger charge is -2.29. The van der Waals surface area contributed by atoms with E-state index >= 15 is 0 Å². The van der Waals surface area contributed by atoms with Crippen molar-refractivity contribution < 1.29 is 8.85 Å². The SMILES string of the molecule is [2H]C([2H])([2H])OC1C=Nc2ccccc2N1C. The molecule has 1 aliphatic heterocycles. The number of methoxy groups -OCH3 is 1. The highest BCUT2D eigenvalue weighted by Crippen LogP contribution is 2.31. The minimum absolute atomic E-state index is 0.651. The predicted molar refractivity (Wildman–Crippen MR) is 53.8 cm³/mol. The van der Waals surface area contributed by atoms with Crippen LogP contribution in [0.15, 0.2) is 29.3 Å². The summed E-state index contributed by atoms with van der Waals surface area (Å²) in [5.74, 6) is 0. The van der Waals surface area contributed by atoms with Gasteiger partial charge in [-0.25, -0.2) is 0 Å². The Labute approximate surface area is 81.9 Å². The number of anilines is 1. The number of fused-ring (bicyclic) bond motifs is 1. The third-order valence-electron chi connectivity index (χ3n) is 2.11. The molecule has 0 saturated carbocycles. The van der Waals surface area contributed by atoms with E-state index in [9.17, 15) is 0 Å². The van der Waals surface area contributed by atoms with E-state index in [1.54, 1.807) is 11.9 Å². The zero-order valence-corrected chi connectivity index (χ0v) is 7.27. The maximum atomic E-state index is 7.06. The highest BCUT2D eigenvalue weighted by atomic mass is 16.5. The lowest BCUT2D eigenvalue weighted by molar-refractivity contribution is 0.159. The summed E-state index contributed by atoms with van der Waals surface area (Å²) in [7, 11) is -0.641. The molecular formula is C10H12N2O. The van der Waals surface area contributed by atoms with Gasteiger partial charge in [-0.3, -0.25) is 4.99 Å².